The Bertz CT molecular complexity index is 549. The van der Waals surface area contributed by atoms with E-state index in [1.165, 1.54) is 15.6 Å². The van der Waals surface area contributed by atoms with E-state index in [2.05, 4.69) is 4.72 Å². The van der Waals surface area contributed by atoms with E-state index in [1.54, 1.807) is 11.4 Å². The summed E-state index contributed by atoms with van der Waals surface area (Å²) in [4.78, 5) is 11.0. The molecule has 0 radical (unpaired) electrons. The molecule has 0 amide bonds. The largest absolute Gasteiger partial charge is 0.481 e. The SMILES string of the molecule is O=C(O)CC(NS(=O)(=O)N1CCCCCC1)c1ccsc1. The molecule has 21 heavy (non-hydrogen) atoms. The van der Waals surface area contributed by atoms with Crippen molar-refractivity contribution in [2.75, 3.05) is 13.1 Å². The highest BCUT2D eigenvalue weighted by Gasteiger charge is 2.28. The van der Waals surface area contributed by atoms with Crippen LogP contribution in [0.25, 0.3) is 0 Å². The van der Waals surface area contributed by atoms with Crippen LogP contribution in [0, 0.1) is 0 Å². The van der Waals surface area contributed by atoms with Gasteiger partial charge in [0, 0.05) is 13.1 Å². The number of carboxylic acid groups (broad SMARTS) is 1. The number of nitrogens with zero attached hydrogens (tertiary/aromatic N) is 1. The number of thiophene rings is 1. The lowest BCUT2D eigenvalue weighted by Gasteiger charge is -2.24. The van der Waals surface area contributed by atoms with Gasteiger partial charge >= 0.3 is 5.97 Å². The second-order valence-corrected chi connectivity index (χ2v) is 7.63. The van der Waals surface area contributed by atoms with Crippen molar-refractivity contribution in [1.29, 1.82) is 0 Å². The maximum atomic E-state index is 12.5. The van der Waals surface area contributed by atoms with Crippen LogP contribution in [-0.2, 0) is 15.0 Å². The summed E-state index contributed by atoms with van der Waals surface area (Å²) < 4.78 is 28.9. The third-order valence-electron chi connectivity index (χ3n) is 3.52. The quantitative estimate of drug-likeness (QED) is 0.834. The highest BCUT2D eigenvalue weighted by Crippen LogP contribution is 2.22. The maximum Gasteiger partial charge on any atom is 0.305 e. The van der Waals surface area contributed by atoms with Gasteiger partial charge in [0.25, 0.3) is 10.2 Å². The Balaban J connectivity index is 2.12. The third-order valence-corrected chi connectivity index (χ3v) is 5.85. The molecule has 1 aliphatic rings. The average molecular weight is 332 g/mol. The van der Waals surface area contributed by atoms with Crippen LogP contribution in [-0.4, -0.2) is 36.9 Å². The fraction of sp³-hybridized carbons (Fsp3) is 0.615. The van der Waals surface area contributed by atoms with Gasteiger partial charge in [-0.3, -0.25) is 4.79 Å². The predicted molar refractivity (Wildman–Crippen MR) is 81.4 cm³/mol. The van der Waals surface area contributed by atoms with Crippen LogP contribution in [0.5, 0.6) is 0 Å². The minimum absolute atomic E-state index is 0.260. The Morgan fingerprint density at radius 3 is 2.52 bits per heavy atom. The third kappa shape index (κ3) is 4.77. The topological polar surface area (TPSA) is 86.7 Å². The van der Waals surface area contributed by atoms with Crippen molar-refractivity contribution in [3.63, 3.8) is 0 Å². The van der Waals surface area contributed by atoms with Crippen molar-refractivity contribution in [2.45, 2.75) is 38.1 Å². The standard InChI is InChI=1S/C13H20N2O4S2/c16-13(17)9-12(11-5-8-20-10-11)14-21(18,19)15-6-3-1-2-4-7-15/h5,8,10,12,14H,1-4,6-7,9H2,(H,16,17). The van der Waals surface area contributed by atoms with E-state index in [0.29, 0.717) is 18.7 Å². The molecule has 0 aromatic carbocycles. The number of nitrogens with one attached hydrogen (secondary N) is 1. The Morgan fingerprint density at radius 2 is 2.00 bits per heavy atom. The molecule has 1 aromatic heterocycles. The fourth-order valence-corrected chi connectivity index (χ4v) is 4.59. The fourth-order valence-electron chi connectivity index (χ4n) is 2.41. The second-order valence-electron chi connectivity index (χ2n) is 5.14. The van der Waals surface area contributed by atoms with Gasteiger partial charge in [-0.2, -0.15) is 28.8 Å². The lowest BCUT2D eigenvalue weighted by atomic mass is 10.1. The van der Waals surface area contributed by atoms with E-state index in [9.17, 15) is 13.2 Å². The van der Waals surface area contributed by atoms with Crippen LogP contribution in [0.3, 0.4) is 0 Å². The van der Waals surface area contributed by atoms with Crippen molar-refractivity contribution >= 4 is 27.5 Å². The van der Waals surface area contributed by atoms with E-state index < -0.39 is 22.2 Å². The summed E-state index contributed by atoms with van der Waals surface area (Å²) in [7, 11) is -3.65. The van der Waals surface area contributed by atoms with E-state index in [4.69, 9.17) is 5.11 Å². The molecule has 2 heterocycles. The van der Waals surface area contributed by atoms with E-state index in [0.717, 1.165) is 25.7 Å². The normalized spacial score (nSPS) is 19.0. The monoisotopic (exact) mass is 332 g/mol. The summed E-state index contributed by atoms with van der Waals surface area (Å²) in [6.45, 7) is 0.998. The van der Waals surface area contributed by atoms with Crippen molar-refractivity contribution < 1.29 is 18.3 Å². The summed E-state index contributed by atoms with van der Waals surface area (Å²) >= 11 is 1.42. The first-order valence-electron chi connectivity index (χ1n) is 7.00. The maximum absolute atomic E-state index is 12.5. The molecule has 1 fully saturated rings. The number of aliphatic carboxylic acids is 1. The summed E-state index contributed by atoms with van der Waals surface area (Å²) in [5.74, 6) is -1.02. The van der Waals surface area contributed by atoms with Gasteiger partial charge in [-0.15, -0.1) is 0 Å². The molecule has 0 bridgehead atoms. The van der Waals surface area contributed by atoms with Crippen LogP contribution in [0.15, 0.2) is 16.8 Å². The second kappa shape index (κ2) is 7.35. The summed E-state index contributed by atoms with van der Waals surface area (Å²) in [5, 5.41) is 12.6. The Labute approximate surface area is 129 Å². The van der Waals surface area contributed by atoms with Gasteiger partial charge in [-0.1, -0.05) is 12.8 Å². The lowest BCUT2D eigenvalue weighted by molar-refractivity contribution is -0.137. The molecule has 1 aliphatic heterocycles. The van der Waals surface area contributed by atoms with Crippen LogP contribution in [0.1, 0.15) is 43.7 Å². The predicted octanol–water partition coefficient (Wildman–Crippen LogP) is 1.97. The van der Waals surface area contributed by atoms with Crippen molar-refractivity contribution in [2.24, 2.45) is 0 Å². The Kier molecular flexibility index (Phi) is 5.74. The first-order chi connectivity index (χ1) is 9.99. The number of carboxylic acids is 1. The van der Waals surface area contributed by atoms with Crippen LogP contribution < -0.4 is 4.72 Å². The van der Waals surface area contributed by atoms with Crippen molar-refractivity contribution in [3.05, 3.63) is 22.4 Å². The number of hydrogen-bond acceptors (Lipinski definition) is 4. The zero-order valence-electron chi connectivity index (χ0n) is 11.7. The summed E-state index contributed by atoms with van der Waals surface area (Å²) in [6, 6.07) is 1.03. The number of carbonyl (C=O) groups is 1. The average Bonchev–Trinajstić information content (AvgIpc) is 2.79. The van der Waals surface area contributed by atoms with E-state index in [-0.39, 0.29) is 6.42 Å². The molecule has 1 unspecified atom stereocenters. The highest BCUT2D eigenvalue weighted by molar-refractivity contribution is 7.87. The van der Waals surface area contributed by atoms with E-state index in [1.807, 2.05) is 5.38 Å². The summed E-state index contributed by atoms with van der Waals surface area (Å²) in [5.41, 5.74) is 0.695. The molecular formula is C13H20N2O4S2. The molecule has 118 valence electrons. The van der Waals surface area contributed by atoms with Gasteiger partial charge in [-0.05, 0) is 35.2 Å². The molecule has 2 rings (SSSR count). The first-order valence-corrected chi connectivity index (χ1v) is 9.38. The van der Waals surface area contributed by atoms with Crippen LogP contribution in [0.2, 0.25) is 0 Å². The zero-order chi connectivity index (χ0) is 15.3. The van der Waals surface area contributed by atoms with Crippen LogP contribution in [0.4, 0.5) is 0 Å². The number of rotatable bonds is 6. The van der Waals surface area contributed by atoms with Gasteiger partial charge in [-0.25, -0.2) is 0 Å². The lowest BCUT2D eigenvalue weighted by Crippen LogP contribution is -2.43. The Hall–Kier alpha value is -0.960. The molecule has 1 atom stereocenters. The van der Waals surface area contributed by atoms with Gasteiger partial charge in [0.15, 0.2) is 0 Å². The zero-order valence-corrected chi connectivity index (χ0v) is 13.3. The van der Waals surface area contributed by atoms with Gasteiger partial charge in [0.05, 0.1) is 12.5 Å². The van der Waals surface area contributed by atoms with Crippen molar-refractivity contribution in [3.8, 4) is 0 Å². The molecule has 1 aromatic rings. The first kappa shape index (κ1) is 16.4. The Morgan fingerprint density at radius 1 is 1.33 bits per heavy atom. The van der Waals surface area contributed by atoms with E-state index >= 15 is 0 Å². The molecule has 8 heteroatoms. The number of hydrogen-bond donors (Lipinski definition) is 2. The van der Waals surface area contributed by atoms with Gasteiger partial charge < -0.3 is 5.11 Å². The molecule has 6 nitrogen and oxygen atoms in total. The van der Waals surface area contributed by atoms with Gasteiger partial charge in [0.1, 0.15) is 0 Å². The smallest absolute Gasteiger partial charge is 0.305 e. The molecule has 0 spiro atoms. The van der Waals surface area contributed by atoms with Crippen LogP contribution >= 0.6 is 11.3 Å². The summed E-state index contributed by atoms with van der Waals surface area (Å²) in [6.07, 6.45) is 3.51. The molecule has 0 saturated carbocycles. The molecule has 2 N–H and O–H groups in total. The minimum atomic E-state index is -3.65. The van der Waals surface area contributed by atoms with Crippen molar-refractivity contribution in [1.82, 2.24) is 9.03 Å². The molecule has 0 aliphatic carbocycles. The van der Waals surface area contributed by atoms with Gasteiger partial charge in [0.2, 0.25) is 0 Å². The highest BCUT2D eigenvalue weighted by atomic mass is 32.2. The molecular weight excluding hydrogens is 312 g/mol. The minimum Gasteiger partial charge on any atom is -0.481 e. The molecule has 1 saturated heterocycles.